The summed E-state index contributed by atoms with van der Waals surface area (Å²) in [6.07, 6.45) is 1.75. The highest BCUT2D eigenvalue weighted by molar-refractivity contribution is 7.91. The molecular weight excluding hydrogens is 288 g/mol. The summed E-state index contributed by atoms with van der Waals surface area (Å²) in [5.41, 5.74) is 0.411. The fourth-order valence-electron chi connectivity index (χ4n) is 2.17. The van der Waals surface area contributed by atoms with Gasteiger partial charge in [0.05, 0.1) is 0 Å². The van der Waals surface area contributed by atoms with Crippen LogP contribution in [0.25, 0.3) is 0 Å². The number of hydrogen-bond acceptors (Lipinski definition) is 5. The molecule has 0 amide bonds. The molecule has 0 aromatic carbocycles. The topological polar surface area (TPSA) is 79.5 Å². The fraction of sp³-hybridized carbons (Fsp3) is 0.727. The van der Waals surface area contributed by atoms with Crippen molar-refractivity contribution in [3.63, 3.8) is 0 Å². The zero-order valence-electron chi connectivity index (χ0n) is 11.0. The average Bonchev–Trinajstić information content (AvgIpc) is 2.70. The van der Waals surface area contributed by atoms with Gasteiger partial charge < -0.3 is 9.72 Å². The summed E-state index contributed by atoms with van der Waals surface area (Å²) in [5.74, 6) is 0.324. The van der Waals surface area contributed by atoms with Gasteiger partial charge in [0, 0.05) is 32.5 Å². The molecule has 0 atom stereocenters. The number of sulfonamides is 1. The van der Waals surface area contributed by atoms with Crippen LogP contribution in [0.5, 0.6) is 0 Å². The van der Waals surface area contributed by atoms with E-state index >= 15 is 0 Å². The summed E-state index contributed by atoms with van der Waals surface area (Å²) < 4.78 is 31.5. The molecule has 0 spiro atoms. The van der Waals surface area contributed by atoms with E-state index in [0.29, 0.717) is 31.4 Å². The number of aromatic amines is 1. The summed E-state index contributed by atoms with van der Waals surface area (Å²) >= 11 is 0.746. The van der Waals surface area contributed by atoms with Crippen molar-refractivity contribution >= 4 is 21.4 Å². The Morgan fingerprint density at radius 3 is 2.58 bits per heavy atom. The molecule has 108 valence electrons. The lowest BCUT2D eigenvalue weighted by molar-refractivity contribution is 0.0620. The van der Waals surface area contributed by atoms with Crippen LogP contribution < -0.4 is 4.87 Å². The molecule has 0 radical (unpaired) electrons. The molecule has 6 nitrogen and oxygen atoms in total. The Kier molecular flexibility index (Phi) is 4.44. The van der Waals surface area contributed by atoms with Crippen molar-refractivity contribution in [1.29, 1.82) is 0 Å². The minimum Gasteiger partial charge on any atom is -0.381 e. The highest BCUT2D eigenvalue weighted by atomic mass is 32.2. The lowest BCUT2D eigenvalue weighted by Crippen LogP contribution is -2.34. The van der Waals surface area contributed by atoms with E-state index in [1.54, 1.807) is 14.0 Å². The Labute approximate surface area is 116 Å². The summed E-state index contributed by atoms with van der Waals surface area (Å²) in [4.78, 5) is 13.4. The second-order valence-corrected chi connectivity index (χ2v) is 7.99. The van der Waals surface area contributed by atoms with Crippen LogP contribution in [0.3, 0.4) is 0 Å². The molecular formula is C11H18N2O4S2. The minimum atomic E-state index is -3.57. The van der Waals surface area contributed by atoms with Crippen molar-refractivity contribution < 1.29 is 13.2 Å². The van der Waals surface area contributed by atoms with Gasteiger partial charge in [-0.15, -0.1) is 0 Å². The summed E-state index contributed by atoms with van der Waals surface area (Å²) in [7, 11) is -2.00. The Bertz CT molecular complexity index is 584. The highest BCUT2D eigenvalue weighted by Crippen LogP contribution is 2.23. The first-order valence-corrected chi connectivity index (χ1v) is 8.40. The third-order valence-corrected chi connectivity index (χ3v) is 6.69. The monoisotopic (exact) mass is 306 g/mol. The smallest absolute Gasteiger partial charge is 0.305 e. The van der Waals surface area contributed by atoms with Crippen molar-refractivity contribution in [3.8, 4) is 0 Å². The molecule has 19 heavy (non-hydrogen) atoms. The molecule has 1 aromatic heterocycles. The van der Waals surface area contributed by atoms with Gasteiger partial charge in [0.1, 0.15) is 0 Å². The van der Waals surface area contributed by atoms with Gasteiger partial charge in [-0.3, -0.25) is 4.79 Å². The van der Waals surface area contributed by atoms with Crippen molar-refractivity contribution in [2.75, 3.05) is 26.8 Å². The van der Waals surface area contributed by atoms with E-state index in [1.807, 2.05) is 0 Å². The molecule has 2 rings (SSSR count). The number of aryl methyl sites for hydroxylation is 1. The van der Waals surface area contributed by atoms with E-state index in [4.69, 9.17) is 4.74 Å². The Morgan fingerprint density at radius 1 is 1.42 bits per heavy atom. The average molecular weight is 306 g/mol. The number of hydrogen-bond donors (Lipinski definition) is 1. The fourth-order valence-corrected chi connectivity index (χ4v) is 4.90. The third-order valence-electron chi connectivity index (χ3n) is 3.28. The zero-order chi connectivity index (χ0) is 14.0. The van der Waals surface area contributed by atoms with Crippen molar-refractivity contribution in [3.05, 3.63) is 15.4 Å². The van der Waals surface area contributed by atoms with Gasteiger partial charge in [0.25, 0.3) is 10.0 Å². The Balaban J connectivity index is 2.14. The molecule has 1 aliphatic rings. The molecule has 1 fully saturated rings. The first kappa shape index (κ1) is 14.7. The molecule has 2 heterocycles. The third kappa shape index (κ3) is 3.25. The maximum absolute atomic E-state index is 12.4. The van der Waals surface area contributed by atoms with Crippen LogP contribution in [0.2, 0.25) is 0 Å². The van der Waals surface area contributed by atoms with Gasteiger partial charge in [0.15, 0.2) is 4.21 Å². The van der Waals surface area contributed by atoms with E-state index < -0.39 is 10.0 Å². The van der Waals surface area contributed by atoms with Gasteiger partial charge in [-0.2, -0.15) is 4.31 Å². The maximum Gasteiger partial charge on any atom is 0.305 e. The van der Waals surface area contributed by atoms with Crippen LogP contribution in [0, 0.1) is 12.8 Å². The van der Waals surface area contributed by atoms with Gasteiger partial charge in [-0.1, -0.05) is 11.3 Å². The molecule has 1 saturated heterocycles. The summed E-state index contributed by atoms with van der Waals surface area (Å²) in [5, 5.41) is 0. The van der Waals surface area contributed by atoms with E-state index in [2.05, 4.69) is 4.98 Å². The van der Waals surface area contributed by atoms with Crippen LogP contribution in [0.15, 0.2) is 9.00 Å². The number of rotatable bonds is 4. The second-order valence-electron chi connectivity index (χ2n) is 4.77. The van der Waals surface area contributed by atoms with Gasteiger partial charge in [0.2, 0.25) is 0 Å². The van der Waals surface area contributed by atoms with Crippen LogP contribution in [-0.2, 0) is 14.8 Å². The minimum absolute atomic E-state index is 0.118. The molecule has 8 heteroatoms. The molecule has 0 unspecified atom stereocenters. The molecule has 0 bridgehead atoms. The largest absolute Gasteiger partial charge is 0.381 e. The van der Waals surface area contributed by atoms with E-state index in [9.17, 15) is 13.2 Å². The quantitative estimate of drug-likeness (QED) is 0.892. The predicted molar refractivity (Wildman–Crippen MR) is 73.0 cm³/mol. The SMILES string of the molecule is Cc1[nH]c(=O)sc1S(=O)(=O)N(C)CC1CCOCC1. The summed E-state index contributed by atoms with van der Waals surface area (Å²) in [6.45, 7) is 3.45. The van der Waals surface area contributed by atoms with Gasteiger partial charge in [-0.05, 0) is 25.7 Å². The zero-order valence-corrected chi connectivity index (χ0v) is 12.6. The molecule has 0 saturated carbocycles. The van der Waals surface area contributed by atoms with Crippen LogP contribution in [0.1, 0.15) is 18.5 Å². The standard InChI is InChI=1S/C11H18N2O4S2/c1-8-10(18-11(14)12-8)19(15,16)13(2)7-9-3-5-17-6-4-9/h9H,3-7H2,1-2H3,(H,12,14). The number of thiazole rings is 1. The highest BCUT2D eigenvalue weighted by Gasteiger charge is 2.28. The van der Waals surface area contributed by atoms with Crippen molar-refractivity contribution in [2.45, 2.75) is 24.0 Å². The number of ether oxygens (including phenoxy) is 1. The number of H-pyrrole nitrogens is 1. The van der Waals surface area contributed by atoms with E-state index in [-0.39, 0.29) is 9.08 Å². The molecule has 0 aliphatic carbocycles. The first-order chi connectivity index (χ1) is 8.91. The van der Waals surface area contributed by atoms with Crippen LogP contribution in [-0.4, -0.2) is 44.5 Å². The van der Waals surface area contributed by atoms with Crippen LogP contribution in [0.4, 0.5) is 0 Å². The van der Waals surface area contributed by atoms with Crippen molar-refractivity contribution in [2.24, 2.45) is 5.92 Å². The van der Waals surface area contributed by atoms with Crippen LogP contribution >= 0.6 is 11.3 Å². The molecule has 1 aromatic rings. The Hall–Kier alpha value is -0.700. The molecule has 1 N–H and O–H groups in total. The normalized spacial score (nSPS) is 18.1. The maximum atomic E-state index is 12.4. The van der Waals surface area contributed by atoms with Gasteiger partial charge >= 0.3 is 4.87 Å². The second kappa shape index (κ2) is 5.74. The number of nitrogens with one attached hydrogen (secondary N) is 1. The Morgan fingerprint density at radius 2 is 2.05 bits per heavy atom. The van der Waals surface area contributed by atoms with Gasteiger partial charge in [-0.25, -0.2) is 8.42 Å². The van der Waals surface area contributed by atoms with E-state index in [1.165, 1.54) is 4.31 Å². The lowest BCUT2D eigenvalue weighted by Gasteiger charge is -2.26. The number of nitrogens with zero attached hydrogens (tertiary/aromatic N) is 1. The number of aromatic nitrogens is 1. The summed E-state index contributed by atoms with van der Waals surface area (Å²) in [6, 6.07) is 0. The van der Waals surface area contributed by atoms with E-state index in [0.717, 1.165) is 24.2 Å². The lowest BCUT2D eigenvalue weighted by atomic mass is 10.0. The molecule has 1 aliphatic heterocycles. The predicted octanol–water partition coefficient (Wildman–Crippen LogP) is 0.792. The first-order valence-electron chi connectivity index (χ1n) is 6.15. The van der Waals surface area contributed by atoms with Crippen molar-refractivity contribution in [1.82, 2.24) is 9.29 Å².